The zero-order chi connectivity index (χ0) is 11.5. The van der Waals surface area contributed by atoms with Gasteiger partial charge < -0.3 is 4.74 Å². The first-order valence-electron chi connectivity index (χ1n) is 4.75. The highest BCUT2D eigenvalue weighted by atomic mass is 16.5. The van der Waals surface area contributed by atoms with Crippen LogP contribution < -0.4 is 10.6 Å². The van der Waals surface area contributed by atoms with E-state index in [2.05, 4.69) is 15.6 Å². The number of hydrogen-bond donors (Lipinski definition) is 2. The Morgan fingerprint density at radius 3 is 2.27 bits per heavy atom. The highest BCUT2D eigenvalue weighted by Gasteiger charge is 2.26. The Balaban J connectivity index is 2.52. The van der Waals surface area contributed by atoms with Crippen molar-refractivity contribution in [1.82, 2.24) is 10.6 Å². The lowest BCUT2D eigenvalue weighted by Crippen LogP contribution is -2.32. The van der Waals surface area contributed by atoms with Crippen LogP contribution in [0.2, 0.25) is 0 Å². The second-order valence-electron chi connectivity index (χ2n) is 3.77. The van der Waals surface area contributed by atoms with E-state index in [-0.39, 0.29) is 5.96 Å². The molecule has 0 atom stereocenters. The first kappa shape index (κ1) is 11.6. The van der Waals surface area contributed by atoms with Crippen molar-refractivity contribution in [3.63, 3.8) is 0 Å². The van der Waals surface area contributed by atoms with E-state index in [1.807, 2.05) is 20.8 Å². The van der Waals surface area contributed by atoms with Crippen molar-refractivity contribution in [2.24, 2.45) is 4.99 Å². The number of nitrogens with zero attached hydrogens (tertiary/aromatic N) is 1. The molecule has 0 saturated carbocycles. The average molecular weight is 213 g/mol. The van der Waals surface area contributed by atoms with E-state index < -0.39 is 17.4 Å². The molecule has 0 bridgehead atoms. The molecule has 0 spiro atoms. The Bertz CT molecular complexity index is 292. The van der Waals surface area contributed by atoms with Crippen molar-refractivity contribution in [2.75, 3.05) is 13.2 Å². The Hall–Kier alpha value is -1.43. The molecule has 84 valence electrons. The molecule has 0 aromatic rings. The molecule has 0 aliphatic carbocycles. The maximum atomic E-state index is 10.8. The van der Waals surface area contributed by atoms with E-state index in [1.165, 1.54) is 0 Å². The first-order valence-corrected chi connectivity index (χ1v) is 4.75. The number of nitrogens with one attached hydrogen (secondary N) is 2. The van der Waals surface area contributed by atoms with E-state index in [1.54, 1.807) is 0 Å². The van der Waals surface area contributed by atoms with Gasteiger partial charge in [-0.25, -0.2) is 4.99 Å². The van der Waals surface area contributed by atoms with Crippen LogP contribution in [0.3, 0.4) is 0 Å². The smallest absolute Gasteiger partial charge is 0.316 e. The van der Waals surface area contributed by atoms with Crippen LogP contribution in [0.1, 0.15) is 20.8 Å². The lowest BCUT2D eigenvalue weighted by molar-refractivity contribution is -0.135. The molecule has 0 radical (unpaired) electrons. The number of amides is 2. The number of hydrogen-bond acceptors (Lipinski definition) is 4. The predicted octanol–water partition coefficient (Wildman–Crippen LogP) is -0.596. The summed E-state index contributed by atoms with van der Waals surface area (Å²) in [6.45, 7) is 6.64. The number of carbonyl (C=O) groups excluding carboxylic acids is 2. The second-order valence-corrected chi connectivity index (χ2v) is 3.77. The van der Waals surface area contributed by atoms with Gasteiger partial charge in [-0.1, -0.05) is 0 Å². The summed E-state index contributed by atoms with van der Waals surface area (Å²) in [5.41, 5.74) is -0.403. The van der Waals surface area contributed by atoms with Crippen molar-refractivity contribution in [3.05, 3.63) is 0 Å². The Kier molecular flexibility index (Phi) is 3.41. The average Bonchev–Trinajstić information content (AvgIpc) is 2.44. The summed E-state index contributed by atoms with van der Waals surface area (Å²) in [5, 5.41) is 4.63. The fraction of sp³-hybridized carbons (Fsp3) is 0.667. The Morgan fingerprint density at radius 1 is 1.27 bits per heavy atom. The second kappa shape index (κ2) is 4.39. The largest absolute Gasteiger partial charge is 0.374 e. The van der Waals surface area contributed by atoms with E-state index >= 15 is 0 Å². The number of ether oxygens (including phenoxy) is 1. The van der Waals surface area contributed by atoms with E-state index in [0.717, 1.165) is 0 Å². The number of rotatable bonds is 4. The summed E-state index contributed by atoms with van der Waals surface area (Å²) in [6.07, 6.45) is 0. The van der Waals surface area contributed by atoms with Gasteiger partial charge in [-0.05, 0) is 20.8 Å². The van der Waals surface area contributed by atoms with Crippen LogP contribution in [0.5, 0.6) is 0 Å². The van der Waals surface area contributed by atoms with Gasteiger partial charge in [0.1, 0.15) is 0 Å². The van der Waals surface area contributed by atoms with Crippen LogP contribution in [-0.2, 0) is 14.3 Å². The molecule has 0 aromatic heterocycles. The van der Waals surface area contributed by atoms with Gasteiger partial charge in [-0.3, -0.25) is 20.2 Å². The van der Waals surface area contributed by atoms with Crippen molar-refractivity contribution in [2.45, 2.75) is 26.4 Å². The zero-order valence-electron chi connectivity index (χ0n) is 9.09. The molecule has 1 rings (SSSR count). The lowest BCUT2D eigenvalue weighted by Gasteiger charge is -2.22. The number of aliphatic imine (C=N–C) groups is 1. The third kappa shape index (κ3) is 3.32. The third-order valence-electron chi connectivity index (χ3n) is 1.82. The molecule has 1 fully saturated rings. The van der Waals surface area contributed by atoms with Crippen molar-refractivity contribution < 1.29 is 14.3 Å². The highest BCUT2D eigenvalue weighted by molar-refractivity contribution is 6.45. The Labute approximate surface area is 88.1 Å². The Morgan fingerprint density at radius 2 is 1.80 bits per heavy atom. The summed E-state index contributed by atoms with van der Waals surface area (Å²) >= 11 is 0. The molecule has 1 aliphatic heterocycles. The summed E-state index contributed by atoms with van der Waals surface area (Å²) in [5.74, 6) is -1.16. The molecule has 1 heterocycles. The molecule has 6 nitrogen and oxygen atoms in total. The van der Waals surface area contributed by atoms with Gasteiger partial charge in [0.2, 0.25) is 5.96 Å². The highest BCUT2D eigenvalue weighted by Crippen LogP contribution is 2.08. The normalized spacial score (nSPS) is 16.3. The monoisotopic (exact) mass is 213 g/mol. The van der Waals surface area contributed by atoms with Gasteiger partial charge in [0.25, 0.3) is 0 Å². The maximum absolute atomic E-state index is 10.8. The quantitative estimate of drug-likeness (QED) is 0.612. The van der Waals surface area contributed by atoms with Crippen LogP contribution in [0.25, 0.3) is 0 Å². The van der Waals surface area contributed by atoms with E-state index in [4.69, 9.17) is 4.74 Å². The summed E-state index contributed by atoms with van der Waals surface area (Å²) in [7, 11) is 0. The van der Waals surface area contributed by atoms with E-state index in [0.29, 0.717) is 13.2 Å². The van der Waals surface area contributed by atoms with Gasteiger partial charge in [0.15, 0.2) is 0 Å². The third-order valence-corrected chi connectivity index (χ3v) is 1.82. The molecule has 0 unspecified atom stereocenters. The fourth-order valence-electron chi connectivity index (χ4n) is 1.14. The molecule has 15 heavy (non-hydrogen) atoms. The van der Waals surface area contributed by atoms with Crippen LogP contribution in [-0.4, -0.2) is 36.5 Å². The molecule has 1 aliphatic rings. The van der Waals surface area contributed by atoms with Crippen LogP contribution >= 0.6 is 0 Å². The number of carbonyl (C=O) groups is 2. The van der Waals surface area contributed by atoms with Gasteiger partial charge in [0, 0.05) is 6.61 Å². The topological polar surface area (TPSA) is 79.8 Å². The van der Waals surface area contributed by atoms with Gasteiger partial charge in [-0.2, -0.15) is 0 Å². The van der Waals surface area contributed by atoms with Gasteiger partial charge in [0.05, 0.1) is 12.1 Å². The number of guanidine groups is 1. The molecule has 6 heteroatoms. The minimum atomic E-state index is -0.678. The predicted molar refractivity (Wildman–Crippen MR) is 54.3 cm³/mol. The van der Waals surface area contributed by atoms with Crippen LogP contribution in [0, 0.1) is 0 Å². The van der Waals surface area contributed by atoms with Crippen molar-refractivity contribution in [1.29, 1.82) is 0 Å². The summed E-state index contributed by atoms with van der Waals surface area (Å²) in [4.78, 5) is 25.6. The molecular formula is C9H15N3O3. The molecule has 0 aromatic carbocycles. The minimum Gasteiger partial charge on any atom is -0.374 e. The molecular weight excluding hydrogens is 198 g/mol. The summed E-state index contributed by atoms with van der Waals surface area (Å²) < 4.78 is 5.41. The van der Waals surface area contributed by atoms with Gasteiger partial charge in [-0.15, -0.1) is 0 Å². The van der Waals surface area contributed by atoms with Crippen LogP contribution in [0.4, 0.5) is 0 Å². The first-order chi connectivity index (χ1) is 6.94. The van der Waals surface area contributed by atoms with Crippen LogP contribution in [0.15, 0.2) is 4.99 Å². The summed E-state index contributed by atoms with van der Waals surface area (Å²) in [6, 6.07) is 0. The minimum absolute atomic E-state index is 0.192. The molecule has 2 amide bonds. The lowest BCUT2D eigenvalue weighted by atomic mass is 10.1. The van der Waals surface area contributed by atoms with Gasteiger partial charge >= 0.3 is 11.8 Å². The molecule has 2 N–H and O–H groups in total. The fourth-order valence-corrected chi connectivity index (χ4v) is 1.14. The molecule has 1 saturated heterocycles. The zero-order valence-corrected chi connectivity index (χ0v) is 9.09. The SMILES string of the molecule is CCOC(C)(C)CN=C1NC(=O)C(=O)N1. The maximum Gasteiger partial charge on any atom is 0.316 e. The van der Waals surface area contributed by atoms with Crippen molar-refractivity contribution >= 4 is 17.8 Å². The standard InChI is InChI=1S/C9H15N3O3/c1-4-15-9(2,3)5-10-8-11-6(13)7(14)12-8/h4-5H2,1-3H3,(H2,10,11,12,13,14). The van der Waals surface area contributed by atoms with E-state index in [9.17, 15) is 9.59 Å². The van der Waals surface area contributed by atoms with Crippen molar-refractivity contribution in [3.8, 4) is 0 Å².